The Hall–Kier alpha value is -2.65. The van der Waals surface area contributed by atoms with Gasteiger partial charge in [0.1, 0.15) is 0 Å². The third-order valence-electron chi connectivity index (χ3n) is 4.21. The van der Waals surface area contributed by atoms with Crippen LogP contribution in [0.5, 0.6) is 0 Å². The van der Waals surface area contributed by atoms with Gasteiger partial charge in [0.15, 0.2) is 0 Å². The summed E-state index contributed by atoms with van der Waals surface area (Å²) in [4.78, 5) is 12.2. The van der Waals surface area contributed by atoms with Crippen LogP contribution in [0, 0.1) is 0 Å². The molecule has 0 fully saturated rings. The molecule has 3 aromatic carbocycles. The van der Waals surface area contributed by atoms with Gasteiger partial charge in [0.2, 0.25) is 5.91 Å². The van der Waals surface area contributed by atoms with Gasteiger partial charge in [-0.05, 0) is 34.7 Å². The largest absolute Gasteiger partial charge is 0.354 e. The Morgan fingerprint density at radius 2 is 1.62 bits per heavy atom. The number of nitrogens with two attached hydrogens (primary N) is 1. The first-order valence-electron chi connectivity index (χ1n) is 8.28. The molecule has 122 valence electrons. The zero-order chi connectivity index (χ0) is 16.8. The van der Waals surface area contributed by atoms with Gasteiger partial charge in [-0.1, -0.05) is 72.8 Å². The summed E-state index contributed by atoms with van der Waals surface area (Å²) in [6.07, 6.45) is 1.35. The minimum atomic E-state index is -0.536. The molecule has 3 heteroatoms. The second-order valence-corrected chi connectivity index (χ2v) is 5.98. The van der Waals surface area contributed by atoms with E-state index >= 15 is 0 Å². The Balaban J connectivity index is 1.57. The van der Waals surface area contributed by atoms with E-state index in [0.29, 0.717) is 13.0 Å². The number of benzene rings is 3. The fraction of sp³-hybridized carbons (Fsp3) is 0.190. The number of rotatable bonds is 6. The number of hydrogen-bond donors (Lipinski definition) is 2. The van der Waals surface area contributed by atoms with Crippen molar-refractivity contribution in [2.24, 2.45) is 5.73 Å². The molecule has 24 heavy (non-hydrogen) atoms. The zero-order valence-corrected chi connectivity index (χ0v) is 13.6. The predicted octanol–water partition coefficient (Wildman–Crippen LogP) is 3.07. The molecule has 0 spiro atoms. The van der Waals surface area contributed by atoms with Crippen molar-refractivity contribution in [2.45, 2.75) is 18.9 Å². The van der Waals surface area contributed by atoms with E-state index in [9.17, 15) is 4.79 Å². The van der Waals surface area contributed by atoms with E-state index < -0.39 is 6.04 Å². The molecule has 3 N–H and O–H groups in total. The summed E-state index contributed by atoms with van der Waals surface area (Å²) in [6, 6.07) is 23.9. The fourth-order valence-electron chi connectivity index (χ4n) is 2.91. The number of carbonyl (C=O) groups is 1. The van der Waals surface area contributed by atoms with E-state index in [2.05, 4.69) is 35.6 Å². The first-order valence-corrected chi connectivity index (χ1v) is 8.28. The normalized spacial score (nSPS) is 12.0. The third-order valence-corrected chi connectivity index (χ3v) is 4.21. The molecule has 0 aliphatic carbocycles. The molecular weight excluding hydrogens is 296 g/mol. The summed E-state index contributed by atoms with van der Waals surface area (Å²) in [7, 11) is 0. The maximum Gasteiger partial charge on any atom is 0.237 e. The van der Waals surface area contributed by atoms with Gasteiger partial charge in [-0.15, -0.1) is 0 Å². The van der Waals surface area contributed by atoms with E-state index in [-0.39, 0.29) is 5.91 Å². The summed E-state index contributed by atoms with van der Waals surface area (Å²) in [5.41, 5.74) is 8.43. The average Bonchev–Trinajstić information content (AvgIpc) is 2.63. The zero-order valence-electron chi connectivity index (χ0n) is 13.6. The van der Waals surface area contributed by atoms with Crippen LogP contribution >= 0.6 is 0 Å². The van der Waals surface area contributed by atoms with E-state index in [0.717, 1.165) is 17.4 Å². The first-order chi connectivity index (χ1) is 11.7. The highest BCUT2D eigenvalue weighted by Crippen LogP contribution is 2.19. The lowest BCUT2D eigenvalue weighted by Crippen LogP contribution is -2.42. The smallest absolute Gasteiger partial charge is 0.237 e. The quantitative estimate of drug-likeness (QED) is 0.734. The summed E-state index contributed by atoms with van der Waals surface area (Å²) in [5.74, 6) is -0.0983. The van der Waals surface area contributed by atoms with Crippen LogP contribution < -0.4 is 11.1 Å². The Bertz CT molecular complexity index is 809. The average molecular weight is 318 g/mol. The van der Waals surface area contributed by atoms with Crippen molar-refractivity contribution >= 4 is 16.7 Å². The standard InChI is InChI=1S/C21H22N2O/c22-20(21(24)23-14-13-16-7-2-1-3-8-16)15-18-11-6-10-17-9-4-5-12-19(17)18/h1-12,20H,13-15,22H2,(H,23,24)/t20-/m1/s1. The predicted molar refractivity (Wildman–Crippen MR) is 98.8 cm³/mol. The van der Waals surface area contributed by atoms with Crippen molar-refractivity contribution in [1.29, 1.82) is 0 Å². The Labute approximate surface area is 142 Å². The van der Waals surface area contributed by atoms with Crippen LogP contribution in [0.3, 0.4) is 0 Å². The molecule has 0 aliphatic heterocycles. The molecule has 1 atom stereocenters. The molecule has 0 aliphatic rings. The van der Waals surface area contributed by atoms with Crippen LogP contribution in [0.1, 0.15) is 11.1 Å². The third kappa shape index (κ3) is 4.00. The topological polar surface area (TPSA) is 55.1 Å². The van der Waals surface area contributed by atoms with Gasteiger partial charge in [-0.3, -0.25) is 4.79 Å². The summed E-state index contributed by atoms with van der Waals surface area (Å²) < 4.78 is 0. The number of fused-ring (bicyclic) bond motifs is 1. The lowest BCUT2D eigenvalue weighted by molar-refractivity contribution is -0.122. The Morgan fingerprint density at radius 1 is 0.917 bits per heavy atom. The lowest BCUT2D eigenvalue weighted by atomic mass is 9.99. The van der Waals surface area contributed by atoms with E-state index in [1.807, 2.05) is 42.5 Å². The maximum absolute atomic E-state index is 12.2. The Kier molecular flexibility index (Phi) is 5.24. The molecule has 0 saturated carbocycles. The highest BCUT2D eigenvalue weighted by molar-refractivity contribution is 5.87. The number of hydrogen-bond acceptors (Lipinski definition) is 2. The van der Waals surface area contributed by atoms with Gasteiger partial charge in [0, 0.05) is 6.54 Å². The number of amides is 1. The summed E-state index contributed by atoms with van der Waals surface area (Å²) in [5, 5.41) is 5.27. The van der Waals surface area contributed by atoms with Crippen LogP contribution in [0.2, 0.25) is 0 Å². The second-order valence-electron chi connectivity index (χ2n) is 5.98. The van der Waals surface area contributed by atoms with Crippen molar-refractivity contribution in [1.82, 2.24) is 5.32 Å². The molecular formula is C21H22N2O. The molecule has 3 aromatic rings. The Morgan fingerprint density at radius 3 is 2.46 bits per heavy atom. The molecule has 3 rings (SSSR count). The van der Waals surface area contributed by atoms with Gasteiger partial charge in [0.05, 0.1) is 6.04 Å². The van der Waals surface area contributed by atoms with E-state index in [4.69, 9.17) is 5.73 Å². The second kappa shape index (κ2) is 7.75. The summed E-state index contributed by atoms with van der Waals surface area (Å²) >= 11 is 0. The van der Waals surface area contributed by atoms with Crippen molar-refractivity contribution in [3.05, 3.63) is 83.9 Å². The number of carbonyl (C=O) groups excluding carboxylic acids is 1. The van der Waals surface area contributed by atoms with Crippen molar-refractivity contribution in [3.8, 4) is 0 Å². The van der Waals surface area contributed by atoms with Crippen molar-refractivity contribution < 1.29 is 4.79 Å². The van der Waals surface area contributed by atoms with Gasteiger partial charge in [-0.25, -0.2) is 0 Å². The summed E-state index contributed by atoms with van der Waals surface area (Å²) in [6.45, 7) is 0.603. The van der Waals surface area contributed by atoms with Gasteiger partial charge < -0.3 is 11.1 Å². The van der Waals surface area contributed by atoms with Gasteiger partial charge in [0.25, 0.3) is 0 Å². The van der Waals surface area contributed by atoms with Crippen LogP contribution in [0.25, 0.3) is 10.8 Å². The monoisotopic (exact) mass is 318 g/mol. The lowest BCUT2D eigenvalue weighted by Gasteiger charge is -2.14. The number of nitrogens with one attached hydrogen (secondary N) is 1. The van der Waals surface area contributed by atoms with E-state index in [1.165, 1.54) is 10.9 Å². The minimum absolute atomic E-state index is 0.0983. The SMILES string of the molecule is N[C@H](Cc1cccc2ccccc12)C(=O)NCCc1ccccc1. The van der Waals surface area contributed by atoms with Crippen LogP contribution in [0.4, 0.5) is 0 Å². The van der Waals surface area contributed by atoms with Crippen molar-refractivity contribution in [3.63, 3.8) is 0 Å². The van der Waals surface area contributed by atoms with Crippen molar-refractivity contribution in [2.75, 3.05) is 6.54 Å². The maximum atomic E-state index is 12.2. The minimum Gasteiger partial charge on any atom is -0.354 e. The highest BCUT2D eigenvalue weighted by Gasteiger charge is 2.14. The van der Waals surface area contributed by atoms with E-state index in [1.54, 1.807) is 0 Å². The van der Waals surface area contributed by atoms with Gasteiger partial charge in [-0.2, -0.15) is 0 Å². The highest BCUT2D eigenvalue weighted by atomic mass is 16.2. The molecule has 0 aromatic heterocycles. The molecule has 0 radical (unpaired) electrons. The molecule has 0 saturated heterocycles. The fourth-order valence-corrected chi connectivity index (χ4v) is 2.91. The van der Waals surface area contributed by atoms with Crippen LogP contribution in [0.15, 0.2) is 72.8 Å². The molecule has 1 amide bonds. The molecule has 0 bridgehead atoms. The molecule has 3 nitrogen and oxygen atoms in total. The first kappa shape index (κ1) is 16.2. The van der Waals surface area contributed by atoms with Crippen LogP contribution in [-0.4, -0.2) is 18.5 Å². The van der Waals surface area contributed by atoms with Crippen LogP contribution in [-0.2, 0) is 17.6 Å². The molecule has 0 unspecified atom stereocenters. The van der Waals surface area contributed by atoms with Gasteiger partial charge >= 0.3 is 0 Å². The molecule has 0 heterocycles.